The van der Waals surface area contributed by atoms with E-state index in [1.54, 1.807) is 36.4 Å². The van der Waals surface area contributed by atoms with Gasteiger partial charge < -0.3 is 10.1 Å². The summed E-state index contributed by atoms with van der Waals surface area (Å²) in [4.78, 5) is 13.3. The highest BCUT2D eigenvalue weighted by atomic mass is 35.5. The molecule has 8 heteroatoms. The van der Waals surface area contributed by atoms with Crippen LogP contribution in [0.25, 0.3) is 0 Å². The maximum absolute atomic E-state index is 13.6. The van der Waals surface area contributed by atoms with Crippen molar-refractivity contribution < 1.29 is 17.9 Å². The van der Waals surface area contributed by atoms with Crippen LogP contribution in [0.4, 0.5) is 5.69 Å². The fraction of sp³-hybridized carbons (Fsp3) is 0.208. The zero-order chi connectivity index (χ0) is 22.7. The molecule has 0 saturated heterocycles. The smallest absolute Gasteiger partial charge is 0.244 e. The normalized spacial score (nSPS) is 16.2. The number of carbonyl (C=O) groups excluding carboxylic acids is 1. The van der Waals surface area contributed by atoms with Gasteiger partial charge in [-0.2, -0.15) is 4.31 Å². The van der Waals surface area contributed by atoms with Crippen LogP contribution >= 0.6 is 11.6 Å². The van der Waals surface area contributed by atoms with E-state index in [1.807, 2.05) is 31.2 Å². The highest BCUT2D eigenvalue weighted by Crippen LogP contribution is 2.30. The van der Waals surface area contributed by atoms with Crippen LogP contribution < -0.4 is 10.1 Å². The van der Waals surface area contributed by atoms with E-state index in [0.29, 0.717) is 23.1 Å². The molecule has 4 rings (SSSR count). The van der Waals surface area contributed by atoms with Gasteiger partial charge in [0.25, 0.3) is 0 Å². The average Bonchev–Trinajstić information content (AvgIpc) is 2.80. The van der Waals surface area contributed by atoms with Crippen LogP contribution in [0.15, 0.2) is 77.7 Å². The van der Waals surface area contributed by atoms with Gasteiger partial charge in [0.15, 0.2) is 0 Å². The number of hydrogen-bond donors (Lipinski definition) is 1. The SMILES string of the molecule is CCOc1ccc(S(=O)(=O)N2Cc3ccccc3CC2C(=O)Nc2ccc(Cl)cc2)cc1. The van der Waals surface area contributed by atoms with E-state index in [-0.39, 0.29) is 17.9 Å². The van der Waals surface area contributed by atoms with Crippen LogP contribution in [0.2, 0.25) is 5.02 Å². The summed E-state index contributed by atoms with van der Waals surface area (Å²) in [5.41, 5.74) is 2.40. The quantitative estimate of drug-likeness (QED) is 0.575. The third-order valence-corrected chi connectivity index (χ3v) is 7.48. The molecule has 166 valence electrons. The lowest BCUT2D eigenvalue weighted by molar-refractivity contribution is -0.120. The monoisotopic (exact) mass is 470 g/mol. The lowest BCUT2D eigenvalue weighted by Crippen LogP contribution is -2.50. The lowest BCUT2D eigenvalue weighted by atomic mass is 9.95. The van der Waals surface area contributed by atoms with Crippen molar-refractivity contribution in [2.75, 3.05) is 11.9 Å². The van der Waals surface area contributed by atoms with E-state index in [0.717, 1.165) is 11.1 Å². The predicted octanol–water partition coefficient (Wildman–Crippen LogP) is 4.49. The van der Waals surface area contributed by atoms with Gasteiger partial charge in [-0.1, -0.05) is 35.9 Å². The van der Waals surface area contributed by atoms with E-state index in [2.05, 4.69) is 5.32 Å². The number of nitrogens with one attached hydrogen (secondary N) is 1. The zero-order valence-corrected chi connectivity index (χ0v) is 19.1. The molecule has 0 bridgehead atoms. The van der Waals surface area contributed by atoms with Crippen molar-refractivity contribution in [3.8, 4) is 5.75 Å². The summed E-state index contributed by atoms with van der Waals surface area (Å²) in [6.07, 6.45) is 0.284. The molecule has 1 amide bonds. The molecule has 1 atom stereocenters. The number of rotatable bonds is 6. The third kappa shape index (κ3) is 4.65. The molecule has 1 heterocycles. The van der Waals surface area contributed by atoms with Crippen molar-refractivity contribution in [3.05, 3.63) is 88.9 Å². The molecular weight excluding hydrogens is 448 g/mol. The Morgan fingerprint density at radius 1 is 1.03 bits per heavy atom. The standard InChI is InChI=1S/C24H23ClN2O4S/c1-2-31-21-11-13-22(14-12-21)32(29,30)27-16-18-6-4-3-5-17(18)15-23(27)24(28)26-20-9-7-19(25)8-10-20/h3-14,23H,2,15-16H2,1H3,(H,26,28). The highest BCUT2D eigenvalue weighted by molar-refractivity contribution is 7.89. The minimum Gasteiger partial charge on any atom is -0.494 e. The maximum atomic E-state index is 13.6. The first-order chi connectivity index (χ1) is 15.4. The van der Waals surface area contributed by atoms with Gasteiger partial charge in [-0.05, 0) is 73.0 Å². The highest BCUT2D eigenvalue weighted by Gasteiger charge is 2.39. The van der Waals surface area contributed by atoms with Gasteiger partial charge >= 0.3 is 0 Å². The van der Waals surface area contributed by atoms with Crippen LogP contribution in [-0.4, -0.2) is 31.3 Å². The Bertz CT molecular complexity index is 1210. The molecular formula is C24H23ClN2O4S. The van der Waals surface area contributed by atoms with Crippen LogP contribution in [0.3, 0.4) is 0 Å². The molecule has 1 aliphatic rings. The van der Waals surface area contributed by atoms with Crippen LogP contribution in [0.1, 0.15) is 18.1 Å². The van der Waals surface area contributed by atoms with Gasteiger partial charge in [0.05, 0.1) is 11.5 Å². The van der Waals surface area contributed by atoms with Crippen LogP contribution in [0, 0.1) is 0 Å². The summed E-state index contributed by atoms with van der Waals surface area (Å²) in [6.45, 7) is 2.46. The summed E-state index contributed by atoms with van der Waals surface area (Å²) >= 11 is 5.93. The minimum atomic E-state index is -3.93. The Kier molecular flexibility index (Phi) is 6.50. The molecule has 32 heavy (non-hydrogen) atoms. The number of ether oxygens (including phenoxy) is 1. The second-order valence-corrected chi connectivity index (χ2v) is 9.77. The van der Waals surface area contributed by atoms with Crippen molar-refractivity contribution in [1.29, 1.82) is 0 Å². The molecule has 3 aromatic carbocycles. The first-order valence-electron chi connectivity index (χ1n) is 10.3. The van der Waals surface area contributed by atoms with Crippen molar-refractivity contribution >= 4 is 33.2 Å². The molecule has 0 spiro atoms. The molecule has 0 fully saturated rings. The molecule has 3 aromatic rings. The van der Waals surface area contributed by atoms with Crippen LogP contribution in [-0.2, 0) is 27.8 Å². The van der Waals surface area contributed by atoms with Gasteiger partial charge in [0, 0.05) is 17.3 Å². The Morgan fingerprint density at radius 2 is 1.69 bits per heavy atom. The Morgan fingerprint density at radius 3 is 2.34 bits per heavy atom. The Balaban J connectivity index is 1.67. The molecule has 1 unspecified atom stereocenters. The predicted molar refractivity (Wildman–Crippen MR) is 124 cm³/mol. The van der Waals surface area contributed by atoms with Gasteiger partial charge in [0.2, 0.25) is 15.9 Å². The Hall–Kier alpha value is -2.87. The van der Waals surface area contributed by atoms with Gasteiger partial charge in [0.1, 0.15) is 11.8 Å². The summed E-state index contributed by atoms with van der Waals surface area (Å²) in [5.74, 6) is 0.198. The third-order valence-electron chi connectivity index (χ3n) is 5.36. The summed E-state index contributed by atoms with van der Waals surface area (Å²) in [6, 6.07) is 19.7. The molecule has 6 nitrogen and oxygen atoms in total. The molecule has 1 aliphatic heterocycles. The summed E-state index contributed by atoms with van der Waals surface area (Å²) in [7, 11) is -3.93. The number of carbonyl (C=O) groups is 1. The van der Waals surface area contributed by atoms with Crippen molar-refractivity contribution in [3.63, 3.8) is 0 Å². The van der Waals surface area contributed by atoms with Crippen LogP contribution in [0.5, 0.6) is 5.75 Å². The number of anilines is 1. The first-order valence-corrected chi connectivity index (χ1v) is 12.1. The van der Waals surface area contributed by atoms with Crippen molar-refractivity contribution in [2.45, 2.75) is 30.8 Å². The number of benzene rings is 3. The largest absolute Gasteiger partial charge is 0.494 e. The zero-order valence-electron chi connectivity index (χ0n) is 17.5. The van der Waals surface area contributed by atoms with E-state index in [9.17, 15) is 13.2 Å². The average molecular weight is 471 g/mol. The maximum Gasteiger partial charge on any atom is 0.244 e. The molecule has 0 radical (unpaired) electrons. The number of hydrogen-bond acceptors (Lipinski definition) is 4. The lowest BCUT2D eigenvalue weighted by Gasteiger charge is -2.35. The number of fused-ring (bicyclic) bond motifs is 1. The second kappa shape index (κ2) is 9.32. The number of nitrogens with zero attached hydrogens (tertiary/aromatic N) is 1. The van der Waals surface area contributed by atoms with E-state index >= 15 is 0 Å². The molecule has 0 saturated carbocycles. The molecule has 1 N–H and O–H groups in total. The fourth-order valence-corrected chi connectivity index (χ4v) is 5.43. The van der Waals surface area contributed by atoms with Gasteiger partial charge in [-0.25, -0.2) is 8.42 Å². The van der Waals surface area contributed by atoms with E-state index in [1.165, 1.54) is 16.4 Å². The Labute approximate surface area is 192 Å². The number of sulfonamides is 1. The minimum absolute atomic E-state index is 0.115. The van der Waals surface area contributed by atoms with E-state index < -0.39 is 22.0 Å². The summed E-state index contributed by atoms with van der Waals surface area (Å²) in [5, 5.41) is 3.38. The van der Waals surface area contributed by atoms with Gasteiger partial charge in [-0.3, -0.25) is 4.79 Å². The molecule has 0 aromatic heterocycles. The van der Waals surface area contributed by atoms with Crippen molar-refractivity contribution in [2.24, 2.45) is 0 Å². The number of amides is 1. The van der Waals surface area contributed by atoms with E-state index in [4.69, 9.17) is 16.3 Å². The molecule has 0 aliphatic carbocycles. The van der Waals surface area contributed by atoms with Crippen molar-refractivity contribution in [1.82, 2.24) is 4.31 Å². The van der Waals surface area contributed by atoms with Gasteiger partial charge in [-0.15, -0.1) is 0 Å². The summed E-state index contributed by atoms with van der Waals surface area (Å²) < 4.78 is 33.8. The topological polar surface area (TPSA) is 75.7 Å². The fourth-order valence-electron chi connectivity index (χ4n) is 3.74. The number of halogens is 1. The second-order valence-electron chi connectivity index (χ2n) is 7.44. The first kappa shape index (κ1) is 22.3.